The molecule has 0 aliphatic carbocycles. The number of Topliss-reactive ketones (excluding diaryl/α,β-unsaturated/α-hetero) is 1. The SMILES string of the molecule is [B]CC(=O)N(CC(C)=O)NC. The van der Waals surface area contributed by atoms with Gasteiger partial charge in [0.25, 0.3) is 0 Å². The molecule has 0 aromatic rings. The molecule has 0 aromatic carbocycles. The molecule has 0 saturated heterocycles. The zero-order valence-electron chi connectivity index (χ0n) is 6.76. The molecular formula is C6H11BN2O2. The summed E-state index contributed by atoms with van der Waals surface area (Å²) in [6, 6.07) is 0. The third kappa shape index (κ3) is 3.77. The average molecular weight is 154 g/mol. The number of hydrazine groups is 1. The monoisotopic (exact) mass is 154 g/mol. The van der Waals surface area contributed by atoms with Gasteiger partial charge in [0.1, 0.15) is 0 Å². The second-order valence-corrected chi connectivity index (χ2v) is 2.11. The second kappa shape index (κ2) is 4.90. The van der Waals surface area contributed by atoms with Crippen molar-refractivity contribution in [3.8, 4) is 0 Å². The summed E-state index contributed by atoms with van der Waals surface area (Å²) in [5.41, 5.74) is 2.57. The van der Waals surface area contributed by atoms with Gasteiger partial charge in [-0.25, -0.2) is 5.43 Å². The number of nitrogens with zero attached hydrogens (tertiary/aromatic N) is 1. The van der Waals surface area contributed by atoms with Gasteiger partial charge in [0, 0.05) is 7.05 Å². The molecule has 0 spiro atoms. The average Bonchev–Trinajstić information content (AvgIpc) is 1.98. The third-order valence-corrected chi connectivity index (χ3v) is 1.13. The fourth-order valence-corrected chi connectivity index (χ4v) is 0.625. The summed E-state index contributed by atoms with van der Waals surface area (Å²) in [5.74, 6) is -0.371. The molecule has 5 heteroatoms. The molecule has 0 unspecified atom stereocenters. The largest absolute Gasteiger partial charge is 0.298 e. The number of carbonyl (C=O) groups excluding carboxylic acids is 2. The van der Waals surface area contributed by atoms with Crippen molar-refractivity contribution in [2.45, 2.75) is 13.2 Å². The number of hydrogen-bond acceptors (Lipinski definition) is 3. The predicted molar refractivity (Wildman–Crippen MR) is 42.0 cm³/mol. The number of amides is 1. The minimum absolute atomic E-state index is 0.0620. The fraction of sp³-hybridized carbons (Fsp3) is 0.667. The van der Waals surface area contributed by atoms with Crippen molar-refractivity contribution < 1.29 is 9.59 Å². The van der Waals surface area contributed by atoms with E-state index in [1.807, 2.05) is 0 Å². The Morgan fingerprint density at radius 1 is 1.55 bits per heavy atom. The first-order valence-corrected chi connectivity index (χ1v) is 3.29. The van der Waals surface area contributed by atoms with Crippen LogP contribution in [0.15, 0.2) is 0 Å². The molecule has 4 nitrogen and oxygen atoms in total. The molecule has 0 heterocycles. The van der Waals surface area contributed by atoms with Crippen molar-refractivity contribution in [2.75, 3.05) is 13.6 Å². The summed E-state index contributed by atoms with van der Waals surface area (Å²) in [6.07, 6.45) is -0.0892. The van der Waals surface area contributed by atoms with Gasteiger partial charge in [0.05, 0.1) is 14.4 Å². The highest BCUT2D eigenvalue weighted by Gasteiger charge is 2.09. The zero-order valence-corrected chi connectivity index (χ0v) is 6.76. The maximum Gasteiger partial charge on any atom is 0.228 e. The summed E-state index contributed by atoms with van der Waals surface area (Å²) in [6.45, 7) is 1.47. The zero-order chi connectivity index (χ0) is 8.85. The maximum atomic E-state index is 10.9. The fourth-order valence-electron chi connectivity index (χ4n) is 0.625. The maximum absolute atomic E-state index is 10.9. The van der Waals surface area contributed by atoms with Gasteiger partial charge in [0.15, 0.2) is 5.78 Å². The Balaban J connectivity index is 3.94. The Bertz CT molecular complexity index is 161. The highest BCUT2D eigenvalue weighted by atomic mass is 16.2. The van der Waals surface area contributed by atoms with E-state index < -0.39 is 0 Å². The van der Waals surface area contributed by atoms with Crippen LogP contribution in [0.2, 0.25) is 6.32 Å². The van der Waals surface area contributed by atoms with E-state index in [0.717, 1.165) is 0 Å². The molecule has 0 atom stereocenters. The summed E-state index contributed by atoms with van der Waals surface area (Å²) in [7, 11) is 6.65. The lowest BCUT2D eigenvalue weighted by molar-refractivity contribution is -0.135. The van der Waals surface area contributed by atoms with Crippen molar-refractivity contribution in [1.82, 2.24) is 10.4 Å². The topological polar surface area (TPSA) is 49.4 Å². The van der Waals surface area contributed by atoms with Crippen LogP contribution in [0.25, 0.3) is 0 Å². The molecule has 2 radical (unpaired) electrons. The third-order valence-electron chi connectivity index (χ3n) is 1.13. The summed E-state index contributed by atoms with van der Waals surface area (Å²) >= 11 is 0. The van der Waals surface area contributed by atoms with Crippen molar-refractivity contribution in [3.05, 3.63) is 0 Å². The van der Waals surface area contributed by atoms with Crippen LogP contribution in [-0.4, -0.2) is 38.1 Å². The minimum Gasteiger partial charge on any atom is -0.298 e. The number of nitrogens with one attached hydrogen (secondary N) is 1. The van der Waals surface area contributed by atoms with E-state index in [2.05, 4.69) is 5.43 Å². The van der Waals surface area contributed by atoms with Crippen LogP contribution in [0.4, 0.5) is 0 Å². The second-order valence-electron chi connectivity index (χ2n) is 2.11. The van der Waals surface area contributed by atoms with Crippen molar-refractivity contribution in [2.24, 2.45) is 0 Å². The molecule has 0 aromatic heterocycles. The van der Waals surface area contributed by atoms with E-state index in [9.17, 15) is 9.59 Å². The normalized spacial score (nSPS) is 9.27. The summed E-state index contributed by atoms with van der Waals surface area (Å²) in [5, 5.41) is 1.18. The van der Waals surface area contributed by atoms with Crippen LogP contribution in [0.5, 0.6) is 0 Å². The molecular weight excluding hydrogens is 143 g/mol. The van der Waals surface area contributed by atoms with E-state index in [1.165, 1.54) is 11.9 Å². The lowest BCUT2D eigenvalue weighted by atomic mass is 10.0. The molecule has 0 fully saturated rings. The van der Waals surface area contributed by atoms with Crippen molar-refractivity contribution >= 4 is 19.5 Å². The molecule has 11 heavy (non-hydrogen) atoms. The van der Waals surface area contributed by atoms with Gasteiger partial charge >= 0.3 is 0 Å². The first-order valence-electron chi connectivity index (χ1n) is 3.29. The predicted octanol–water partition coefficient (Wildman–Crippen LogP) is -0.875. The first-order chi connectivity index (χ1) is 5.11. The Morgan fingerprint density at radius 3 is 2.36 bits per heavy atom. The molecule has 1 N–H and O–H groups in total. The van der Waals surface area contributed by atoms with E-state index in [1.54, 1.807) is 7.05 Å². The molecule has 0 aliphatic heterocycles. The smallest absolute Gasteiger partial charge is 0.228 e. The lowest BCUT2D eigenvalue weighted by Crippen LogP contribution is -2.43. The van der Waals surface area contributed by atoms with E-state index in [-0.39, 0.29) is 24.6 Å². The first kappa shape index (κ1) is 10.2. The van der Waals surface area contributed by atoms with Crippen LogP contribution in [0, 0.1) is 0 Å². The van der Waals surface area contributed by atoms with Crippen LogP contribution >= 0.6 is 0 Å². The highest BCUT2D eigenvalue weighted by Crippen LogP contribution is 1.87. The van der Waals surface area contributed by atoms with Crippen LogP contribution in [0.3, 0.4) is 0 Å². The number of hydrogen-bond donors (Lipinski definition) is 1. The quantitative estimate of drug-likeness (QED) is 0.422. The highest BCUT2D eigenvalue weighted by molar-refractivity contribution is 6.19. The van der Waals surface area contributed by atoms with Crippen LogP contribution in [-0.2, 0) is 9.59 Å². The van der Waals surface area contributed by atoms with E-state index >= 15 is 0 Å². The van der Waals surface area contributed by atoms with Crippen LogP contribution in [0.1, 0.15) is 6.92 Å². The van der Waals surface area contributed by atoms with Gasteiger partial charge in [0.2, 0.25) is 5.91 Å². The standard InChI is InChI=1S/C6H11BN2O2/c1-5(10)4-9(8-2)6(11)3-7/h8H,3-4H2,1-2H3. The van der Waals surface area contributed by atoms with Gasteiger partial charge in [-0.05, 0) is 13.2 Å². The van der Waals surface area contributed by atoms with Gasteiger partial charge in [-0.2, -0.15) is 0 Å². The van der Waals surface area contributed by atoms with E-state index in [4.69, 9.17) is 7.85 Å². The Labute approximate surface area is 67.3 Å². The molecule has 0 aliphatic rings. The lowest BCUT2D eigenvalue weighted by Gasteiger charge is -2.18. The molecule has 0 rings (SSSR count). The van der Waals surface area contributed by atoms with Gasteiger partial charge in [-0.15, -0.1) is 0 Å². The molecule has 0 bridgehead atoms. The summed E-state index contributed by atoms with van der Waals surface area (Å²) < 4.78 is 0. The molecule has 0 saturated carbocycles. The number of rotatable bonds is 4. The van der Waals surface area contributed by atoms with Crippen molar-refractivity contribution in [1.29, 1.82) is 0 Å². The number of ketones is 1. The number of carbonyl (C=O) groups is 2. The summed E-state index contributed by atoms with van der Waals surface area (Å²) in [4.78, 5) is 21.4. The van der Waals surface area contributed by atoms with Gasteiger partial charge in [-0.1, -0.05) is 0 Å². The molecule has 60 valence electrons. The Hall–Kier alpha value is -0.835. The van der Waals surface area contributed by atoms with Crippen LogP contribution < -0.4 is 5.43 Å². The van der Waals surface area contributed by atoms with Gasteiger partial charge < -0.3 is 0 Å². The molecule has 1 amide bonds. The van der Waals surface area contributed by atoms with Gasteiger partial charge in [-0.3, -0.25) is 14.6 Å². The Kier molecular flexibility index (Phi) is 4.53. The van der Waals surface area contributed by atoms with Crippen molar-refractivity contribution in [3.63, 3.8) is 0 Å². The minimum atomic E-state index is -0.289. The van der Waals surface area contributed by atoms with E-state index in [0.29, 0.717) is 0 Å². The Morgan fingerprint density at radius 2 is 2.09 bits per heavy atom.